The first-order valence-corrected chi connectivity index (χ1v) is 9.82. The van der Waals surface area contributed by atoms with Gasteiger partial charge in [-0.25, -0.2) is 0 Å². The quantitative estimate of drug-likeness (QED) is 0.399. The summed E-state index contributed by atoms with van der Waals surface area (Å²) in [4.78, 5) is 12.7. The zero-order valence-corrected chi connectivity index (χ0v) is 17.2. The summed E-state index contributed by atoms with van der Waals surface area (Å²) in [6.45, 7) is 5.27. The molecule has 0 saturated carbocycles. The number of thioether (sulfide) groups is 1. The average molecular weight is 401 g/mol. The number of aryl methyl sites for hydroxylation is 1. The van der Waals surface area contributed by atoms with E-state index in [9.17, 15) is 4.79 Å². The van der Waals surface area contributed by atoms with Gasteiger partial charge in [0.25, 0.3) is 11.1 Å². The number of ketones is 1. The van der Waals surface area contributed by atoms with Crippen molar-refractivity contribution in [1.29, 1.82) is 0 Å². The predicted octanol–water partition coefficient (Wildman–Crippen LogP) is 3.78. The summed E-state index contributed by atoms with van der Waals surface area (Å²) in [6.07, 6.45) is 0. The van der Waals surface area contributed by atoms with Crippen molar-refractivity contribution in [2.75, 3.05) is 26.6 Å². The van der Waals surface area contributed by atoms with Crippen LogP contribution < -0.4 is 4.74 Å². The Bertz CT molecular complexity index is 964. The first-order chi connectivity index (χ1) is 13.5. The fourth-order valence-corrected chi connectivity index (χ4v) is 3.66. The van der Waals surface area contributed by atoms with Gasteiger partial charge in [-0.15, -0.1) is 10.2 Å². The number of aromatic nitrogens is 3. The van der Waals surface area contributed by atoms with Gasteiger partial charge in [0.05, 0.1) is 25.0 Å². The minimum Gasteiger partial charge on any atom is -0.496 e. The van der Waals surface area contributed by atoms with E-state index < -0.39 is 0 Å². The SMILES string of the molecule is COCCn1c(C)cc(C(=O)CSc2nnc(-c3ccccc3OC)o2)c1C. The molecule has 28 heavy (non-hydrogen) atoms. The van der Waals surface area contributed by atoms with Gasteiger partial charge in [0.15, 0.2) is 5.78 Å². The van der Waals surface area contributed by atoms with Gasteiger partial charge >= 0.3 is 0 Å². The van der Waals surface area contributed by atoms with E-state index in [4.69, 9.17) is 13.9 Å². The molecular formula is C20H23N3O4S. The third-order valence-corrected chi connectivity index (χ3v) is 5.28. The lowest BCUT2D eigenvalue weighted by molar-refractivity contribution is 0.102. The molecule has 0 aliphatic carbocycles. The van der Waals surface area contributed by atoms with Crippen molar-refractivity contribution in [2.24, 2.45) is 0 Å². The third kappa shape index (κ3) is 4.28. The predicted molar refractivity (Wildman–Crippen MR) is 107 cm³/mol. The molecule has 3 rings (SSSR count). The maximum absolute atomic E-state index is 12.7. The molecule has 3 aromatic rings. The molecule has 0 radical (unpaired) electrons. The zero-order valence-electron chi connectivity index (χ0n) is 16.4. The number of Topliss-reactive ketones (excluding diaryl/α,β-unsaturated/α-hetero) is 1. The van der Waals surface area contributed by atoms with Gasteiger partial charge in [0, 0.05) is 30.6 Å². The third-order valence-electron chi connectivity index (χ3n) is 4.46. The summed E-state index contributed by atoms with van der Waals surface area (Å²) in [6, 6.07) is 9.34. The van der Waals surface area contributed by atoms with E-state index in [1.807, 2.05) is 44.2 Å². The van der Waals surface area contributed by atoms with Crippen LogP contribution in [0.2, 0.25) is 0 Å². The van der Waals surface area contributed by atoms with Crippen LogP contribution in [0.15, 0.2) is 40.0 Å². The highest BCUT2D eigenvalue weighted by molar-refractivity contribution is 7.99. The highest BCUT2D eigenvalue weighted by Crippen LogP contribution is 2.30. The Morgan fingerprint density at radius 2 is 2.00 bits per heavy atom. The molecule has 0 saturated heterocycles. The molecule has 0 unspecified atom stereocenters. The Hall–Kier alpha value is -2.58. The van der Waals surface area contributed by atoms with Crippen LogP contribution in [0.25, 0.3) is 11.5 Å². The molecule has 1 aromatic carbocycles. The Morgan fingerprint density at radius 3 is 2.75 bits per heavy atom. The normalized spacial score (nSPS) is 11.0. The number of nitrogens with zero attached hydrogens (tertiary/aromatic N) is 3. The molecule has 8 heteroatoms. The number of para-hydroxylation sites is 1. The lowest BCUT2D eigenvalue weighted by Gasteiger charge is -2.08. The van der Waals surface area contributed by atoms with Gasteiger partial charge in [-0.1, -0.05) is 23.9 Å². The molecular weight excluding hydrogens is 378 g/mol. The largest absolute Gasteiger partial charge is 0.496 e. The van der Waals surface area contributed by atoms with Crippen molar-refractivity contribution in [3.8, 4) is 17.2 Å². The maximum Gasteiger partial charge on any atom is 0.277 e. The molecule has 0 bridgehead atoms. The van der Waals surface area contributed by atoms with Crippen molar-refractivity contribution in [1.82, 2.24) is 14.8 Å². The molecule has 0 amide bonds. The number of hydrogen-bond donors (Lipinski definition) is 0. The molecule has 0 N–H and O–H groups in total. The summed E-state index contributed by atoms with van der Waals surface area (Å²) in [5.74, 6) is 1.27. The van der Waals surface area contributed by atoms with E-state index >= 15 is 0 Å². The van der Waals surface area contributed by atoms with Crippen molar-refractivity contribution >= 4 is 17.5 Å². The summed E-state index contributed by atoms with van der Waals surface area (Å²) in [5, 5.41) is 8.45. The molecule has 0 aliphatic heterocycles. The number of benzene rings is 1. The van der Waals surface area contributed by atoms with Gasteiger partial charge in [0.2, 0.25) is 0 Å². The average Bonchev–Trinajstić information content (AvgIpc) is 3.29. The summed E-state index contributed by atoms with van der Waals surface area (Å²) >= 11 is 1.23. The van der Waals surface area contributed by atoms with Crippen molar-refractivity contribution in [3.05, 3.63) is 47.3 Å². The maximum atomic E-state index is 12.7. The van der Waals surface area contributed by atoms with Crippen LogP contribution in [0.5, 0.6) is 5.75 Å². The fraction of sp³-hybridized carbons (Fsp3) is 0.350. The van der Waals surface area contributed by atoms with Gasteiger partial charge in [-0.2, -0.15) is 0 Å². The number of methoxy groups -OCH3 is 2. The monoisotopic (exact) mass is 401 g/mol. The standard InChI is InChI=1S/C20H23N3O4S/c1-13-11-16(14(2)23(13)9-10-25-3)17(24)12-28-20-22-21-19(27-20)15-7-5-6-8-18(15)26-4/h5-8,11H,9-10,12H2,1-4H3. The molecule has 2 heterocycles. The summed E-state index contributed by atoms with van der Waals surface area (Å²) in [7, 11) is 3.26. The number of carbonyl (C=O) groups is 1. The molecule has 0 spiro atoms. The van der Waals surface area contributed by atoms with Crippen LogP contribution in [0, 0.1) is 13.8 Å². The van der Waals surface area contributed by atoms with Gasteiger partial charge in [-0.05, 0) is 32.0 Å². The second kappa shape index (κ2) is 9.07. The summed E-state index contributed by atoms with van der Waals surface area (Å²) in [5.41, 5.74) is 3.42. The minimum absolute atomic E-state index is 0.0267. The van der Waals surface area contributed by atoms with E-state index in [1.165, 1.54) is 11.8 Å². The highest BCUT2D eigenvalue weighted by atomic mass is 32.2. The number of ether oxygens (including phenoxy) is 2. The Morgan fingerprint density at radius 1 is 1.21 bits per heavy atom. The van der Waals surface area contributed by atoms with Crippen molar-refractivity contribution in [3.63, 3.8) is 0 Å². The van der Waals surface area contributed by atoms with E-state index in [0.717, 1.165) is 23.5 Å². The first kappa shape index (κ1) is 20.2. The van der Waals surface area contributed by atoms with Gasteiger partial charge < -0.3 is 18.5 Å². The van der Waals surface area contributed by atoms with Gasteiger partial charge in [-0.3, -0.25) is 4.79 Å². The Balaban J connectivity index is 1.68. The molecule has 2 aromatic heterocycles. The zero-order chi connectivity index (χ0) is 20.1. The van der Waals surface area contributed by atoms with E-state index in [2.05, 4.69) is 14.8 Å². The van der Waals surface area contributed by atoms with Crippen LogP contribution in [-0.4, -0.2) is 47.1 Å². The van der Waals surface area contributed by atoms with Crippen LogP contribution in [0.3, 0.4) is 0 Å². The Labute approximate surface area is 168 Å². The Kier molecular flexibility index (Phi) is 6.53. The van der Waals surface area contributed by atoms with Crippen molar-refractivity contribution in [2.45, 2.75) is 25.6 Å². The van der Waals surface area contributed by atoms with Crippen LogP contribution in [-0.2, 0) is 11.3 Å². The lowest BCUT2D eigenvalue weighted by atomic mass is 10.2. The lowest BCUT2D eigenvalue weighted by Crippen LogP contribution is -2.09. The molecule has 148 valence electrons. The second-order valence-electron chi connectivity index (χ2n) is 6.21. The van der Waals surface area contributed by atoms with Crippen molar-refractivity contribution < 1.29 is 18.7 Å². The first-order valence-electron chi connectivity index (χ1n) is 8.83. The van der Waals surface area contributed by atoms with Gasteiger partial charge in [0.1, 0.15) is 5.75 Å². The minimum atomic E-state index is 0.0267. The molecule has 0 fully saturated rings. The molecule has 7 nitrogen and oxygen atoms in total. The van der Waals surface area contributed by atoms with Crippen LogP contribution in [0.1, 0.15) is 21.7 Å². The fourth-order valence-electron chi connectivity index (χ4n) is 3.01. The molecule has 0 atom stereocenters. The highest BCUT2D eigenvalue weighted by Gasteiger charge is 2.18. The number of rotatable bonds is 9. The number of carbonyl (C=O) groups excluding carboxylic acids is 1. The van der Waals surface area contributed by atoms with Crippen LogP contribution in [0.4, 0.5) is 0 Å². The number of hydrogen-bond acceptors (Lipinski definition) is 7. The topological polar surface area (TPSA) is 79.4 Å². The van der Waals surface area contributed by atoms with Crippen LogP contribution >= 0.6 is 11.8 Å². The van der Waals surface area contributed by atoms with E-state index in [-0.39, 0.29) is 11.5 Å². The second-order valence-corrected chi connectivity index (χ2v) is 7.14. The molecule has 0 aliphatic rings. The smallest absolute Gasteiger partial charge is 0.277 e. The van der Waals surface area contributed by atoms with E-state index in [0.29, 0.717) is 29.0 Å². The summed E-state index contributed by atoms with van der Waals surface area (Å²) < 4.78 is 18.2. The van der Waals surface area contributed by atoms with E-state index in [1.54, 1.807) is 14.2 Å².